The molecular weight excluding hydrogens is 438 g/mol. The zero-order valence-electron chi connectivity index (χ0n) is 22.1. The summed E-state index contributed by atoms with van der Waals surface area (Å²) in [6.07, 6.45) is 9.50. The summed E-state index contributed by atoms with van der Waals surface area (Å²) in [7, 11) is 0. The Balaban J connectivity index is 1.22. The van der Waals surface area contributed by atoms with E-state index >= 15 is 0 Å². The average molecular weight is 484 g/mol. The van der Waals surface area contributed by atoms with Crippen molar-refractivity contribution in [2.75, 3.05) is 39.3 Å². The van der Waals surface area contributed by atoms with E-state index in [2.05, 4.69) is 42.5 Å². The van der Waals surface area contributed by atoms with Gasteiger partial charge in [-0.15, -0.1) is 0 Å². The van der Waals surface area contributed by atoms with Crippen molar-refractivity contribution in [3.63, 3.8) is 0 Å². The number of urea groups is 1. The summed E-state index contributed by atoms with van der Waals surface area (Å²) in [6, 6.07) is 3.59. The first-order chi connectivity index (χ1) is 16.7. The van der Waals surface area contributed by atoms with Crippen molar-refractivity contribution in [3.05, 3.63) is 46.5 Å². The molecule has 1 aromatic heterocycles. The third kappa shape index (κ3) is 7.43. The largest absolute Gasteiger partial charge is 0.321 e. The molecule has 3 fully saturated rings. The molecule has 1 aromatic rings. The minimum Gasteiger partial charge on any atom is -0.320 e. The fourth-order valence-electron chi connectivity index (χ4n) is 6.02. The standard InChI is InChI=1S/C28H45N5O2/c1-22-11-13-32(27(35)29-22)20-25-6-5-12-33(26(25)34)21-31-16-14-30(15-17-31)19-24-9-7-23(8-10-24)18-28(2,3)4/h5-6,12,23-24H,1,7-11,13-21H2,2-4H3,(H,29,35). The molecule has 2 aliphatic heterocycles. The van der Waals surface area contributed by atoms with Gasteiger partial charge in [0.1, 0.15) is 0 Å². The molecule has 0 spiro atoms. The lowest BCUT2D eigenvalue weighted by atomic mass is 9.74. The Morgan fingerprint density at radius 3 is 2.29 bits per heavy atom. The molecule has 2 saturated heterocycles. The van der Waals surface area contributed by atoms with Crippen LogP contribution in [0.15, 0.2) is 35.4 Å². The molecule has 3 aliphatic rings. The molecule has 7 heteroatoms. The number of nitrogens with one attached hydrogen (secondary N) is 1. The second-order valence-corrected chi connectivity index (χ2v) is 12.2. The normalized spacial score (nSPS) is 25.1. The van der Waals surface area contributed by atoms with Gasteiger partial charge in [0.15, 0.2) is 0 Å². The van der Waals surface area contributed by atoms with Crippen LogP contribution in [0, 0.1) is 17.3 Å². The highest BCUT2D eigenvalue weighted by atomic mass is 16.2. The predicted octanol–water partition coefficient (Wildman–Crippen LogP) is 4.10. The second kappa shape index (κ2) is 11.3. The number of hydrogen-bond donors (Lipinski definition) is 1. The van der Waals surface area contributed by atoms with Gasteiger partial charge in [0.2, 0.25) is 0 Å². The first-order valence-corrected chi connectivity index (χ1v) is 13.5. The van der Waals surface area contributed by atoms with E-state index in [0.717, 1.165) is 50.1 Å². The molecule has 3 heterocycles. The van der Waals surface area contributed by atoms with Crippen LogP contribution in [0.3, 0.4) is 0 Å². The molecule has 2 amide bonds. The zero-order chi connectivity index (χ0) is 25.0. The van der Waals surface area contributed by atoms with Gasteiger partial charge in [-0.1, -0.05) is 46.3 Å². The molecule has 7 nitrogen and oxygen atoms in total. The molecule has 4 rings (SSSR count). The van der Waals surface area contributed by atoms with E-state index in [9.17, 15) is 9.59 Å². The van der Waals surface area contributed by atoms with Gasteiger partial charge in [-0.05, 0) is 42.6 Å². The molecule has 35 heavy (non-hydrogen) atoms. The summed E-state index contributed by atoms with van der Waals surface area (Å²) in [5.41, 5.74) is 1.85. The van der Waals surface area contributed by atoms with Gasteiger partial charge in [-0.3, -0.25) is 9.69 Å². The van der Waals surface area contributed by atoms with Crippen LogP contribution < -0.4 is 10.9 Å². The van der Waals surface area contributed by atoms with Crippen molar-refractivity contribution in [1.82, 2.24) is 24.6 Å². The number of amides is 2. The lowest BCUT2D eigenvalue weighted by Gasteiger charge is -2.39. The van der Waals surface area contributed by atoms with Crippen molar-refractivity contribution in [2.45, 2.75) is 72.5 Å². The molecule has 1 saturated carbocycles. The SMILES string of the molecule is C=C1CCN(Cc2cccn(CN3CCN(CC4CCC(CC(C)(C)C)CC4)CC3)c2=O)C(=O)N1. The summed E-state index contributed by atoms with van der Waals surface area (Å²) in [6.45, 7) is 17.8. The number of rotatable bonds is 7. The van der Waals surface area contributed by atoms with E-state index in [1.165, 1.54) is 38.6 Å². The van der Waals surface area contributed by atoms with E-state index < -0.39 is 0 Å². The van der Waals surface area contributed by atoms with Crippen LogP contribution in [0.2, 0.25) is 0 Å². The lowest BCUT2D eigenvalue weighted by Crippen LogP contribution is -2.49. The molecule has 0 unspecified atom stereocenters. The molecular formula is C28H45N5O2. The summed E-state index contributed by atoms with van der Waals surface area (Å²) >= 11 is 0. The highest BCUT2D eigenvalue weighted by Crippen LogP contribution is 2.36. The van der Waals surface area contributed by atoms with Crippen molar-refractivity contribution < 1.29 is 4.79 Å². The molecule has 1 aliphatic carbocycles. The first kappa shape index (κ1) is 26.0. The van der Waals surface area contributed by atoms with Crippen LogP contribution in [0.25, 0.3) is 0 Å². The highest BCUT2D eigenvalue weighted by molar-refractivity contribution is 5.77. The fraction of sp³-hybridized carbons (Fsp3) is 0.714. The number of hydrogen-bond acceptors (Lipinski definition) is 4. The number of carbonyl (C=O) groups excluding carboxylic acids is 1. The van der Waals surface area contributed by atoms with Gasteiger partial charge < -0.3 is 19.7 Å². The van der Waals surface area contributed by atoms with Crippen LogP contribution in [-0.4, -0.2) is 64.6 Å². The minimum absolute atomic E-state index is 0.000791. The minimum atomic E-state index is -0.171. The van der Waals surface area contributed by atoms with Gasteiger partial charge in [-0.2, -0.15) is 0 Å². The molecule has 0 aromatic carbocycles. The van der Waals surface area contributed by atoms with Crippen LogP contribution >= 0.6 is 0 Å². The molecule has 0 bridgehead atoms. The second-order valence-electron chi connectivity index (χ2n) is 12.2. The van der Waals surface area contributed by atoms with Crippen LogP contribution in [0.1, 0.15) is 64.9 Å². The molecule has 0 atom stereocenters. The molecule has 0 radical (unpaired) electrons. The van der Waals surface area contributed by atoms with E-state index in [1.807, 2.05) is 18.3 Å². The van der Waals surface area contributed by atoms with Crippen LogP contribution in [0.5, 0.6) is 0 Å². The molecule has 194 valence electrons. The summed E-state index contributed by atoms with van der Waals surface area (Å²) < 4.78 is 1.79. The summed E-state index contributed by atoms with van der Waals surface area (Å²) in [5.74, 6) is 1.77. The third-order valence-corrected chi connectivity index (χ3v) is 7.92. The topological polar surface area (TPSA) is 60.8 Å². The van der Waals surface area contributed by atoms with Crippen molar-refractivity contribution >= 4 is 6.03 Å². The number of carbonyl (C=O) groups is 1. The van der Waals surface area contributed by atoms with Gasteiger partial charge in [0.05, 0.1) is 13.2 Å². The highest BCUT2D eigenvalue weighted by Gasteiger charge is 2.27. The maximum Gasteiger partial charge on any atom is 0.321 e. The van der Waals surface area contributed by atoms with Gasteiger partial charge in [0, 0.05) is 63.1 Å². The van der Waals surface area contributed by atoms with Gasteiger partial charge >= 0.3 is 6.03 Å². The van der Waals surface area contributed by atoms with E-state index in [1.54, 1.807) is 9.47 Å². The smallest absolute Gasteiger partial charge is 0.320 e. The van der Waals surface area contributed by atoms with Crippen molar-refractivity contribution in [3.8, 4) is 0 Å². The Kier molecular flexibility index (Phi) is 8.38. The number of nitrogens with zero attached hydrogens (tertiary/aromatic N) is 4. The maximum absolute atomic E-state index is 13.1. The van der Waals surface area contributed by atoms with Crippen molar-refractivity contribution in [1.29, 1.82) is 0 Å². The van der Waals surface area contributed by atoms with Crippen molar-refractivity contribution in [2.24, 2.45) is 17.3 Å². The number of piperazine rings is 1. The summed E-state index contributed by atoms with van der Waals surface area (Å²) in [4.78, 5) is 32.0. The average Bonchev–Trinajstić information content (AvgIpc) is 2.80. The predicted molar refractivity (Wildman–Crippen MR) is 141 cm³/mol. The van der Waals surface area contributed by atoms with Gasteiger partial charge in [-0.25, -0.2) is 4.79 Å². The zero-order valence-corrected chi connectivity index (χ0v) is 22.1. The quantitative estimate of drug-likeness (QED) is 0.635. The number of pyridine rings is 1. The third-order valence-electron chi connectivity index (χ3n) is 7.92. The summed E-state index contributed by atoms with van der Waals surface area (Å²) in [5, 5.41) is 2.76. The Labute approximate surface area is 211 Å². The maximum atomic E-state index is 13.1. The fourth-order valence-corrected chi connectivity index (χ4v) is 6.02. The van der Waals surface area contributed by atoms with Gasteiger partial charge in [0.25, 0.3) is 5.56 Å². The van der Waals surface area contributed by atoms with E-state index in [4.69, 9.17) is 0 Å². The Morgan fingerprint density at radius 1 is 0.971 bits per heavy atom. The number of aromatic nitrogens is 1. The lowest BCUT2D eigenvalue weighted by molar-refractivity contribution is 0.0831. The monoisotopic (exact) mass is 483 g/mol. The van der Waals surface area contributed by atoms with Crippen LogP contribution in [0.4, 0.5) is 4.79 Å². The first-order valence-electron chi connectivity index (χ1n) is 13.5. The Bertz CT molecular complexity index is 933. The Hall–Kier alpha value is -2.12. The van der Waals surface area contributed by atoms with E-state index in [0.29, 0.717) is 30.7 Å². The Morgan fingerprint density at radius 2 is 1.63 bits per heavy atom. The molecule has 1 N–H and O–H groups in total. The van der Waals surface area contributed by atoms with Crippen LogP contribution in [-0.2, 0) is 13.2 Å². The van der Waals surface area contributed by atoms with E-state index in [-0.39, 0.29) is 11.6 Å².